The minimum Gasteiger partial charge on any atom is -0.465 e. The van der Waals surface area contributed by atoms with Crippen molar-refractivity contribution in [2.24, 2.45) is 0 Å². The van der Waals surface area contributed by atoms with Gasteiger partial charge in [-0.3, -0.25) is 9.59 Å². The van der Waals surface area contributed by atoms with Crippen LogP contribution in [0.1, 0.15) is 20.7 Å². The molecule has 0 aliphatic rings. The zero-order valence-electron chi connectivity index (χ0n) is 16.6. The minimum atomic E-state index is -5.43. The molecule has 170 valence electrons. The highest BCUT2D eigenvalue weighted by molar-refractivity contribution is 6.05. The molecule has 12 heteroatoms. The highest BCUT2D eigenvalue weighted by atomic mass is 19.3. The van der Waals surface area contributed by atoms with Gasteiger partial charge in [-0.1, -0.05) is 0 Å². The predicted molar refractivity (Wildman–Crippen MR) is 103 cm³/mol. The summed E-state index contributed by atoms with van der Waals surface area (Å²) in [5.41, 5.74) is -0.589. The van der Waals surface area contributed by atoms with Crippen LogP contribution in [0.2, 0.25) is 0 Å². The molecule has 0 aliphatic carbocycles. The number of carbonyl (C=O) groups is 4. The Morgan fingerprint density at radius 2 is 0.906 bits per heavy atom. The third-order valence-corrected chi connectivity index (χ3v) is 4.09. The van der Waals surface area contributed by atoms with Gasteiger partial charge in [-0.25, -0.2) is 9.59 Å². The lowest BCUT2D eigenvalue weighted by molar-refractivity contribution is -0.204. The van der Waals surface area contributed by atoms with Crippen molar-refractivity contribution in [2.45, 2.75) is 11.8 Å². The van der Waals surface area contributed by atoms with E-state index < -0.39 is 35.6 Å². The number of rotatable bonds is 7. The number of methoxy groups -OCH3 is 2. The van der Waals surface area contributed by atoms with Crippen molar-refractivity contribution >= 4 is 35.1 Å². The number of halogens is 4. The van der Waals surface area contributed by atoms with Crippen molar-refractivity contribution in [3.8, 4) is 0 Å². The molecule has 0 saturated carbocycles. The summed E-state index contributed by atoms with van der Waals surface area (Å²) in [6, 6.07) is 8.51. The summed E-state index contributed by atoms with van der Waals surface area (Å²) in [7, 11) is 2.22. The fourth-order valence-electron chi connectivity index (χ4n) is 2.32. The van der Waals surface area contributed by atoms with E-state index in [1.807, 2.05) is 0 Å². The van der Waals surface area contributed by atoms with Gasteiger partial charge in [-0.2, -0.15) is 17.6 Å². The van der Waals surface area contributed by atoms with Gasteiger partial charge in [-0.05, 0) is 48.5 Å². The first-order valence-electron chi connectivity index (χ1n) is 8.69. The van der Waals surface area contributed by atoms with Crippen molar-refractivity contribution in [1.29, 1.82) is 0 Å². The molecule has 2 aromatic carbocycles. The van der Waals surface area contributed by atoms with Crippen LogP contribution in [-0.2, 0) is 19.1 Å². The van der Waals surface area contributed by atoms with Crippen LogP contribution in [0, 0.1) is 0 Å². The Morgan fingerprint density at radius 3 is 1.16 bits per heavy atom. The second-order valence-corrected chi connectivity index (χ2v) is 6.19. The topological polar surface area (TPSA) is 111 Å². The van der Waals surface area contributed by atoms with E-state index in [-0.39, 0.29) is 22.5 Å². The standard InChI is InChI=1S/C20H16F4N2O6/c1-31-15(27)11-3-7-13(8-4-11)25-17(29)19(21,22)20(23,24)18(30)26-14-9-5-12(6-10-14)16(28)32-2/h3-10H,1-2H3,(H,25,29)(H,26,30). The first-order valence-corrected chi connectivity index (χ1v) is 8.69. The van der Waals surface area contributed by atoms with Crippen LogP contribution in [-0.4, -0.2) is 49.8 Å². The molecule has 0 bridgehead atoms. The molecule has 2 rings (SSSR count). The molecule has 2 amide bonds. The zero-order valence-corrected chi connectivity index (χ0v) is 16.6. The Labute approximate surface area is 178 Å². The fourth-order valence-corrected chi connectivity index (χ4v) is 2.32. The average molecular weight is 456 g/mol. The summed E-state index contributed by atoms with van der Waals surface area (Å²) >= 11 is 0. The molecule has 8 nitrogen and oxygen atoms in total. The van der Waals surface area contributed by atoms with E-state index in [2.05, 4.69) is 9.47 Å². The minimum absolute atomic E-state index is 0.0279. The molecule has 32 heavy (non-hydrogen) atoms. The quantitative estimate of drug-likeness (QED) is 0.489. The van der Waals surface area contributed by atoms with Crippen LogP contribution in [0.5, 0.6) is 0 Å². The van der Waals surface area contributed by atoms with Crippen LogP contribution in [0.25, 0.3) is 0 Å². The smallest absolute Gasteiger partial charge is 0.396 e. The summed E-state index contributed by atoms with van der Waals surface area (Å²) < 4.78 is 65.5. The van der Waals surface area contributed by atoms with Gasteiger partial charge >= 0.3 is 35.6 Å². The first kappa shape index (κ1) is 24.3. The third-order valence-electron chi connectivity index (χ3n) is 4.09. The number of alkyl halides is 4. The van der Waals surface area contributed by atoms with Crippen molar-refractivity contribution in [3.63, 3.8) is 0 Å². The van der Waals surface area contributed by atoms with Gasteiger partial charge < -0.3 is 20.1 Å². The molecule has 0 aliphatic heterocycles. The lowest BCUT2D eigenvalue weighted by Gasteiger charge is -2.24. The second-order valence-electron chi connectivity index (χ2n) is 6.19. The highest BCUT2D eigenvalue weighted by Gasteiger charge is 2.67. The Bertz CT molecular complexity index is 940. The average Bonchev–Trinajstić information content (AvgIpc) is 2.78. The number of anilines is 2. The van der Waals surface area contributed by atoms with E-state index >= 15 is 0 Å². The van der Waals surface area contributed by atoms with Gasteiger partial charge in [0.05, 0.1) is 25.3 Å². The molecular formula is C20H16F4N2O6. The van der Waals surface area contributed by atoms with E-state index in [0.29, 0.717) is 0 Å². The first-order chi connectivity index (χ1) is 14.9. The maximum Gasteiger partial charge on any atom is 0.396 e. The maximum atomic E-state index is 14.2. The van der Waals surface area contributed by atoms with Gasteiger partial charge in [0, 0.05) is 11.4 Å². The zero-order chi connectivity index (χ0) is 24.1. The highest BCUT2D eigenvalue weighted by Crippen LogP contribution is 2.36. The Balaban J connectivity index is 2.12. The molecule has 2 N–H and O–H groups in total. The lowest BCUT2D eigenvalue weighted by atomic mass is 10.1. The van der Waals surface area contributed by atoms with E-state index in [4.69, 9.17) is 0 Å². The fraction of sp³-hybridized carbons (Fsp3) is 0.200. The molecule has 0 unspecified atom stereocenters. The van der Waals surface area contributed by atoms with Crippen LogP contribution in [0.15, 0.2) is 48.5 Å². The van der Waals surface area contributed by atoms with Crippen LogP contribution in [0.3, 0.4) is 0 Å². The monoisotopic (exact) mass is 456 g/mol. The van der Waals surface area contributed by atoms with Crippen molar-refractivity contribution in [2.75, 3.05) is 24.9 Å². The lowest BCUT2D eigenvalue weighted by Crippen LogP contribution is -2.56. The summed E-state index contributed by atoms with van der Waals surface area (Å²) in [6.07, 6.45) is 0. The normalized spacial score (nSPS) is 11.3. The molecule has 2 aromatic rings. The summed E-state index contributed by atoms with van der Waals surface area (Å²) in [6.45, 7) is 0. The predicted octanol–water partition coefficient (Wildman–Crippen LogP) is 3.11. The van der Waals surface area contributed by atoms with Crippen LogP contribution in [0.4, 0.5) is 28.9 Å². The number of hydrogen-bond acceptors (Lipinski definition) is 6. The third kappa shape index (κ3) is 5.02. The van der Waals surface area contributed by atoms with Crippen molar-refractivity contribution in [3.05, 3.63) is 59.7 Å². The Morgan fingerprint density at radius 1 is 0.625 bits per heavy atom. The largest absolute Gasteiger partial charge is 0.465 e. The molecule has 0 fully saturated rings. The number of esters is 2. The maximum absolute atomic E-state index is 14.2. The molecule has 0 spiro atoms. The SMILES string of the molecule is COC(=O)c1ccc(NC(=O)C(F)(F)C(F)(F)C(=O)Nc2ccc(C(=O)OC)cc2)cc1. The summed E-state index contributed by atoms with van der Waals surface area (Å²) in [5, 5.41) is 3.13. The number of nitrogens with one attached hydrogen (secondary N) is 2. The number of hydrogen-bond donors (Lipinski definition) is 2. The van der Waals surface area contributed by atoms with Gasteiger partial charge in [0.25, 0.3) is 0 Å². The summed E-state index contributed by atoms with van der Waals surface area (Å²) in [5.74, 6) is -17.2. The Hall–Kier alpha value is -3.96. The van der Waals surface area contributed by atoms with Gasteiger partial charge in [0.2, 0.25) is 0 Å². The number of ether oxygens (including phenoxy) is 2. The van der Waals surface area contributed by atoms with E-state index in [1.165, 1.54) is 0 Å². The van der Waals surface area contributed by atoms with Crippen molar-refractivity contribution < 1.29 is 46.2 Å². The summed E-state index contributed by atoms with van der Waals surface area (Å²) in [4.78, 5) is 46.3. The van der Waals surface area contributed by atoms with Crippen LogP contribution < -0.4 is 10.6 Å². The molecule has 0 aromatic heterocycles. The number of amides is 2. The molecule has 0 saturated heterocycles. The van der Waals surface area contributed by atoms with E-state index in [9.17, 15) is 36.7 Å². The van der Waals surface area contributed by atoms with Gasteiger partial charge in [0.15, 0.2) is 0 Å². The van der Waals surface area contributed by atoms with E-state index in [1.54, 1.807) is 10.6 Å². The van der Waals surface area contributed by atoms with Crippen LogP contribution >= 0.6 is 0 Å². The van der Waals surface area contributed by atoms with Gasteiger partial charge in [-0.15, -0.1) is 0 Å². The molecule has 0 heterocycles. The van der Waals surface area contributed by atoms with Gasteiger partial charge in [0.1, 0.15) is 0 Å². The Kier molecular flexibility index (Phi) is 7.18. The molecule has 0 radical (unpaired) electrons. The number of benzene rings is 2. The molecule has 0 atom stereocenters. The number of carbonyl (C=O) groups excluding carboxylic acids is 4. The van der Waals surface area contributed by atoms with Crippen molar-refractivity contribution in [1.82, 2.24) is 0 Å². The molecular weight excluding hydrogens is 440 g/mol. The second kappa shape index (κ2) is 9.45. The van der Waals surface area contributed by atoms with E-state index in [0.717, 1.165) is 62.8 Å².